The molecule has 8 nitrogen and oxygen atoms in total. The Balaban J connectivity index is 2.51. The molecule has 0 spiro atoms. The molecule has 1 N–H and O–H groups in total. The maximum atomic E-state index is 12.4. The van der Waals surface area contributed by atoms with Crippen LogP contribution in [-0.2, 0) is 25.4 Å². The number of hydrogen-bond donors (Lipinski definition) is 1. The van der Waals surface area contributed by atoms with Crippen LogP contribution in [0.25, 0.3) is 0 Å². The number of hydrogen-bond acceptors (Lipinski definition) is 6. The normalized spacial score (nSPS) is 12.3. The first kappa shape index (κ1) is 30.5. The predicted molar refractivity (Wildman–Crippen MR) is 123 cm³/mol. The van der Waals surface area contributed by atoms with Crippen molar-refractivity contribution in [2.24, 2.45) is 0 Å². The first-order chi connectivity index (χ1) is 16.7. The first-order valence-electron chi connectivity index (χ1n) is 11.7. The predicted octanol–water partition coefficient (Wildman–Crippen LogP) is 4.70. The van der Waals surface area contributed by atoms with E-state index in [9.17, 15) is 27.9 Å². The topological polar surface area (TPSA) is 94.5 Å². The summed E-state index contributed by atoms with van der Waals surface area (Å²) in [5.41, 5.74) is 0.784. The van der Waals surface area contributed by atoms with Crippen LogP contribution in [0.2, 0.25) is 0 Å². The highest BCUT2D eigenvalue weighted by molar-refractivity contribution is 5.72. The van der Waals surface area contributed by atoms with Crippen LogP contribution in [0.3, 0.4) is 0 Å². The Kier molecular flexibility index (Phi) is 14.8. The minimum atomic E-state index is -4.14. The molecule has 0 aliphatic carbocycles. The quantitative estimate of drug-likeness (QED) is 0.288. The van der Waals surface area contributed by atoms with Gasteiger partial charge < -0.3 is 29.0 Å². The van der Waals surface area contributed by atoms with Crippen LogP contribution in [0, 0.1) is 0 Å². The Morgan fingerprint density at radius 1 is 1.00 bits per heavy atom. The average Bonchev–Trinajstić information content (AvgIpc) is 2.80. The number of alkyl halides is 3. The van der Waals surface area contributed by atoms with E-state index in [-0.39, 0.29) is 39.2 Å². The highest BCUT2D eigenvalue weighted by atomic mass is 19.4. The zero-order valence-electron chi connectivity index (χ0n) is 20.3. The van der Waals surface area contributed by atoms with E-state index < -0.39 is 30.8 Å². The molecule has 1 aromatic carbocycles. The fraction of sp³-hybridized carbons (Fsp3) is 0.667. The molecule has 0 heterocycles. The van der Waals surface area contributed by atoms with Gasteiger partial charge in [0.1, 0.15) is 19.0 Å². The summed E-state index contributed by atoms with van der Waals surface area (Å²) in [6.45, 7) is 3.15. The number of carboxylic acids is 1. The summed E-state index contributed by atoms with van der Waals surface area (Å²) in [7, 11) is 1.49. The second-order valence-corrected chi connectivity index (χ2v) is 7.85. The van der Waals surface area contributed by atoms with E-state index >= 15 is 0 Å². The molecule has 0 saturated carbocycles. The van der Waals surface area contributed by atoms with E-state index in [1.165, 1.54) is 12.0 Å². The molecule has 0 radical (unpaired) electrons. The number of nitrogens with zero attached hydrogens (tertiary/aromatic N) is 1. The number of amides is 1. The number of methoxy groups -OCH3 is 1. The second kappa shape index (κ2) is 17.0. The van der Waals surface area contributed by atoms with Gasteiger partial charge in [0.05, 0.1) is 13.2 Å². The summed E-state index contributed by atoms with van der Waals surface area (Å²) < 4.78 is 57.7. The van der Waals surface area contributed by atoms with Crippen molar-refractivity contribution >= 4 is 12.1 Å². The smallest absolute Gasteiger partial charge is 0.409 e. The van der Waals surface area contributed by atoms with Crippen molar-refractivity contribution in [1.29, 1.82) is 0 Å². The molecule has 0 bridgehead atoms. The Morgan fingerprint density at radius 3 is 2.29 bits per heavy atom. The molecule has 35 heavy (non-hydrogen) atoms. The van der Waals surface area contributed by atoms with E-state index in [1.54, 1.807) is 31.2 Å². The van der Waals surface area contributed by atoms with Crippen LogP contribution in [-0.4, -0.2) is 81.0 Å². The molecule has 0 fully saturated rings. The maximum absolute atomic E-state index is 12.4. The molecule has 0 aliphatic heterocycles. The highest BCUT2D eigenvalue weighted by Gasteiger charge is 2.25. The summed E-state index contributed by atoms with van der Waals surface area (Å²) >= 11 is 0. The molecule has 1 unspecified atom stereocenters. The summed E-state index contributed by atoms with van der Waals surface area (Å²) in [6, 6.07) is 6.92. The first-order valence-corrected chi connectivity index (χ1v) is 11.7. The molecule has 200 valence electrons. The lowest BCUT2D eigenvalue weighted by molar-refractivity contribution is -0.150. The number of rotatable bonds is 18. The molecule has 0 aromatic heterocycles. The molecule has 0 saturated heterocycles. The van der Waals surface area contributed by atoms with Crippen molar-refractivity contribution in [2.75, 3.05) is 46.6 Å². The largest absolute Gasteiger partial charge is 0.492 e. The van der Waals surface area contributed by atoms with Gasteiger partial charge in [0.15, 0.2) is 6.10 Å². The van der Waals surface area contributed by atoms with E-state index in [0.717, 1.165) is 5.56 Å². The summed E-state index contributed by atoms with van der Waals surface area (Å²) in [5.74, 6) is -0.470. The van der Waals surface area contributed by atoms with Gasteiger partial charge in [-0.15, -0.1) is 0 Å². The Morgan fingerprint density at radius 2 is 1.69 bits per heavy atom. The maximum Gasteiger partial charge on any atom is 0.409 e. The Labute approximate surface area is 204 Å². The molecule has 1 aromatic rings. The minimum Gasteiger partial charge on any atom is -0.492 e. The summed E-state index contributed by atoms with van der Waals surface area (Å²) in [5, 5.41) is 9.19. The summed E-state index contributed by atoms with van der Waals surface area (Å²) in [4.78, 5) is 25.0. The summed E-state index contributed by atoms with van der Waals surface area (Å²) in [6.07, 6.45) is -4.55. The lowest BCUT2D eigenvalue weighted by Crippen LogP contribution is -2.36. The standard InChI is InChI=1S/C24H36F3NO7/c1-3-33-21(22(29)30)18-19-8-10-20(11-9-19)34-15-14-28(23(31)35-17-16-32-2)13-7-5-4-6-12-24(25,26)27/h8-11,21H,3-7,12-18H2,1-2H3,(H,29,30). The SMILES string of the molecule is CCOC(Cc1ccc(OCCN(CCCCCCC(F)(F)F)C(=O)OCCOC)cc1)C(=O)O. The third-order valence-corrected chi connectivity index (χ3v) is 5.03. The van der Waals surface area contributed by atoms with Gasteiger partial charge in [-0.2, -0.15) is 13.2 Å². The number of carbonyl (C=O) groups excluding carboxylic acids is 1. The van der Waals surface area contributed by atoms with Gasteiger partial charge >= 0.3 is 18.2 Å². The van der Waals surface area contributed by atoms with Gasteiger partial charge in [-0.1, -0.05) is 25.0 Å². The van der Waals surface area contributed by atoms with Gasteiger partial charge in [0, 0.05) is 33.1 Å². The zero-order valence-corrected chi connectivity index (χ0v) is 20.3. The van der Waals surface area contributed by atoms with Gasteiger partial charge in [0.2, 0.25) is 0 Å². The number of carbonyl (C=O) groups is 2. The number of halogens is 3. The van der Waals surface area contributed by atoms with E-state index in [2.05, 4.69) is 0 Å². The number of benzene rings is 1. The fourth-order valence-corrected chi connectivity index (χ4v) is 3.21. The number of ether oxygens (including phenoxy) is 4. The molecular formula is C24H36F3NO7. The lowest BCUT2D eigenvalue weighted by Gasteiger charge is -2.22. The fourth-order valence-electron chi connectivity index (χ4n) is 3.21. The van der Waals surface area contributed by atoms with Crippen molar-refractivity contribution in [3.63, 3.8) is 0 Å². The Hall–Kier alpha value is -2.53. The van der Waals surface area contributed by atoms with Crippen LogP contribution in [0.5, 0.6) is 5.75 Å². The van der Waals surface area contributed by atoms with Gasteiger partial charge in [-0.3, -0.25) is 0 Å². The molecule has 11 heteroatoms. The van der Waals surface area contributed by atoms with Crippen molar-refractivity contribution in [3.8, 4) is 5.75 Å². The van der Waals surface area contributed by atoms with E-state index in [1.807, 2.05) is 0 Å². The molecule has 1 atom stereocenters. The molecule has 1 rings (SSSR count). The van der Waals surface area contributed by atoms with E-state index in [4.69, 9.17) is 18.9 Å². The third kappa shape index (κ3) is 14.5. The van der Waals surface area contributed by atoms with Crippen LogP contribution >= 0.6 is 0 Å². The van der Waals surface area contributed by atoms with Crippen molar-refractivity contribution in [3.05, 3.63) is 29.8 Å². The molecule has 1 amide bonds. The molecule has 0 aliphatic rings. The highest BCUT2D eigenvalue weighted by Crippen LogP contribution is 2.23. The average molecular weight is 508 g/mol. The van der Waals surface area contributed by atoms with Crippen LogP contribution in [0.1, 0.15) is 44.6 Å². The van der Waals surface area contributed by atoms with Gasteiger partial charge in [-0.05, 0) is 37.5 Å². The van der Waals surface area contributed by atoms with Crippen molar-refractivity contribution in [1.82, 2.24) is 4.90 Å². The zero-order chi connectivity index (χ0) is 26.1. The molecular weight excluding hydrogens is 471 g/mol. The lowest BCUT2D eigenvalue weighted by atomic mass is 10.1. The van der Waals surface area contributed by atoms with Crippen LogP contribution < -0.4 is 4.74 Å². The van der Waals surface area contributed by atoms with Crippen molar-refractivity contribution in [2.45, 2.75) is 57.7 Å². The van der Waals surface area contributed by atoms with Gasteiger partial charge in [-0.25, -0.2) is 9.59 Å². The number of aliphatic carboxylic acids is 1. The van der Waals surface area contributed by atoms with Crippen LogP contribution in [0.4, 0.5) is 18.0 Å². The number of carboxylic acid groups (broad SMARTS) is 1. The second-order valence-electron chi connectivity index (χ2n) is 7.85. The van der Waals surface area contributed by atoms with Crippen LogP contribution in [0.15, 0.2) is 24.3 Å². The number of unbranched alkanes of at least 4 members (excludes halogenated alkanes) is 3. The minimum absolute atomic E-state index is 0.0681. The third-order valence-electron chi connectivity index (χ3n) is 5.03. The Bertz CT molecular complexity index is 729. The van der Waals surface area contributed by atoms with Crippen molar-refractivity contribution < 1.29 is 46.8 Å². The van der Waals surface area contributed by atoms with E-state index in [0.29, 0.717) is 38.2 Å². The van der Waals surface area contributed by atoms with Gasteiger partial charge in [0.25, 0.3) is 0 Å². The monoisotopic (exact) mass is 507 g/mol.